The molecule has 1 unspecified atom stereocenters. The summed E-state index contributed by atoms with van der Waals surface area (Å²) in [5.41, 5.74) is 0.556. The third-order valence-corrected chi connectivity index (χ3v) is 3.48. The molecule has 1 heterocycles. The molecule has 1 aromatic heterocycles. The van der Waals surface area contributed by atoms with Crippen LogP contribution in [0.2, 0.25) is 5.02 Å². The van der Waals surface area contributed by atoms with Gasteiger partial charge in [-0.2, -0.15) is 0 Å². The molecular weight excluding hydrogens is 320 g/mol. The molecule has 0 spiro atoms. The van der Waals surface area contributed by atoms with Crippen LogP contribution in [0.4, 0.5) is 0 Å². The zero-order valence-corrected chi connectivity index (χ0v) is 13.0. The van der Waals surface area contributed by atoms with Crippen molar-refractivity contribution >= 4 is 23.4 Å². The summed E-state index contributed by atoms with van der Waals surface area (Å²) in [5, 5.41) is 15.6. The number of furan rings is 1. The maximum Gasteiger partial charge on any atom is 0.286 e. The molecule has 23 heavy (non-hydrogen) atoms. The predicted octanol–water partition coefficient (Wildman–Crippen LogP) is 1.90. The van der Waals surface area contributed by atoms with Crippen LogP contribution in [-0.2, 0) is 4.79 Å². The van der Waals surface area contributed by atoms with Crippen LogP contribution in [0.15, 0.2) is 47.1 Å². The lowest BCUT2D eigenvalue weighted by atomic mass is 10.1. The van der Waals surface area contributed by atoms with Crippen molar-refractivity contribution in [2.24, 2.45) is 0 Å². The van der Waals surface area contributed by atoms with Crippen LogP contribution in [0.25, 0.3) is 0 Å². The van der Waals surface area contributed by atoms with Gasteiger partial charge in [0, 0.05) is 30.1 Å². The minimum atomic E-state index is -0.884. The first kappa shape index (κ1) is 17.1. The number of rotatable bonds is 7. The van der Waals surface area contributed by atoms with Crippen LogP contribution in [-0.4, -0.2) is 30.0 Å². The summed E-state index contributed by atoms with van der Waals surface area (Å²) in [6, 6.07) is 10.0. The van der Waals surface area contributed by atoms with Gasteiger partial charge in [0.05, 0.1) is 12.4 Å². The Bertz CT molecular complexity index is 658. The maximum absolute atomic E-state index is 11.7. The first-order valence-corrected chi connectivity index (χ1v) is 7.46. The van der Waals surface area contributed by atoms with E-state index in [1.807, 2.05) is 0 Å². The molecule has 3 N–H and O–H groups in total. The summed E-state index contributed by atoms with van der Waals surface area (Å²) in [5.74, 6) is -0.464. The van der Waals surface area contributed by atoms with E-state index in [-0.39, 0.29) is 37.1 Å². The van der Waals surface area contributed by atoms with Crippen molar-refractivity contribution in [1.29, 1.82) is 0 Å². The number of aliphatic hydroxyl groups excluding tert-OH is 1. The van der Waals surface area contributed by atoms with E-state index in [0.717, 1.165) is 0 Å². The Morgan fingerprint density at radius 1 is 1.17 bits per heavy atom. The van der Waals surface area contributed by atoms with Gasteiger partial charge >= 0.3 is 0 Å². The number of carbonyl (C=O) groups is 2. The molecule has 1 atom stereocenters. The Balaban J connectivity index is 1.69. The van der Waals surface area contributed by atoms with Crippen LogP contribution in [0.3, 0.4) is 0 Å². The minimum absolute atomic E-state index is 0.0503. The summed E-state index contributed by atoms with van der Waals surface area (Å²) in [4.78, 5) is 23.3. The molecule has 0 aliphatic carbocycles. The fourth-order valence-corrected chi connectivity index (χ4v) is 2.20. The molecule has 0 bridgehead atoms. The molecular formula is C16H17ClN2O4. The molecule has 0 aliphatic heterocycles. The van der Waals surface area contributed by atoms with Gasteiger partial charge in [0.15, 0.2) is 5.76 Å². The highest BCUT2D eigenvalue weighted by Crippen LogP contribution is 2.21. The molecule has 0 radical (unpaired) electrons. The van der Waals surface area contributed by atoms with Crippen LogP contribution < -0.4 is 10.6 Å². The molecule has 7 heteroatoms. The molecule has 0 saturated heterocycles. The van der Waals surface area contributed by atoms with Crippen LogP contribution in [0.1, 0.15) is 28.6 Å². The Morgan fingerprint density at radius 3 is 2.65 bits per heavy atom. The lowest BCUT2D eigenvalue weighted by Crippen LogP contribution is -2.32. The highest BCUT2D eigenvalue weighted by molar-refractivity contribution is 6.31. The lowest BCUT2D eigenvalue weighted by Gasteiger charge is -2.13. The van der Waals surface area contributed by atoms with E-state index < -0.39 is 6.10 Å². The minimum Gasteiger partial charge on any atom is -0.459 e. The molecule has 0 aliphatic rings. The number of carbonyl (C=O) groups excluding carboxylic acids is 2. The topological polar surface area (TPSA) is 91.6 Å². The van der Waals surface area contributed by atoms with Crippen molar-refractivity contribution in [2.45, 2.75) is 12.5 Å². The van der Waals surface area contributed by atoms with Gasteiger partial charge in [-0.25, -0.2) is 0 Å². The van der Waals surface area contributed by atoms with Gasteiger partial charge in [0.2, 0.25) is 5.91 Å². The Morgan fingerprint density at radius 2 is 1.96 bits per heavy atom. The molecule has 2 rings (SSSR count). The van der Waals surface area contributed by atoms with E-state index in [1.54, 1.807) is 30.3 Å². The molecule has 1 aromatic carbocycles. The van der Waals surface area contributed by atoms with E-state index in [0.29, 0.717) is 10.6 Å². The quantitative estimate of drug-likeness (QED) is 0.720. The van der Waals surface area contributed by atoms with Gasteiger partial charge in [0.1, 0.15) is 0 Å². The second kappa shape index (κ2) is 8.36. The highest BCUT2D eigenvalue weighted by atomic mass is 35.5. The highest BCUT2D eigenvalue weighted by Gasteiger charge is 2.13. The van der Waals surface area contributed by atoms with Crippen molar-refractivity contribution in [3.05, 3.63) is 59.0 Å². The van der Waals surface area contributed by atoms with Gasteiger partial charge in [-0.3, -0.25) is 9.59 Å². The van der Waals surface area contributed by atoms with E-state index in [9.17, 15) is 14.7 Å². The number of nitrogens with one attached hydrogen (secondary N) is 2. The van der Waals surface area contributed by atoms with E-state index >= 15 is 0 Å². The first-order valence-electron chi connectivity index (χ1n) is 7.09. The zero-order chi connectivity index (χ0) is 16.7. The van der Waals surface area contributed by atoms with Crippen molar-refractivity contribution in [3.8, 4) is 0 Å². The Kier molecular flexibility index (Phi) is 6.19. The van der Waals surface area contributed by atoms with E-state index in [2.05, 4.69) is 10.6 Å². The lowest BCUT2D eigenvalue weighted by molar-refractivity contribution is -0.121. The molecule has 122 valence electrons. The van der Waals surface area contributed by atoms with Crippen LogP contribution >= 0.6 is 11.6 Å². The maximum atomic E-state index is 11.7. The molecule has 0 fully saturated rings. The van der Waals surface area contributed by atoms with Crippen molar-refractivity contribution < 1.29 is 19.1 Å². The van der Waals surface area contributed by atoms with Gasteiger partial charge < -0.3 is 20.2 Å². The second-order valence-electron chi connectivity index (χ2n) is 4.82. The van der Waals surface area contributed by atoms with Crippen molar-refractivity contribution in [2.75, 3.05) is 13.1 Å². The number of hydrogen-bond donors (Lipinski definition) is 3. The third-order valence-electron chi connectivity index (χ3n) is 3.14. The number of aliphatic hydroxyl groups is 1. The summed E-state index contributed by atoms with van der Waals surface area (Å²) < 4.78 is 4.93. The Hall–Kier alpha value is -2.31. The summed E-state index contributed by atoms with van der Waals surface area (Å²) in [6.07, 6.45) is 0.615. The van der Waals surface area contributed by atoms with Gasteiger partial charge in [-0.1, -0.05) is 29.8 Å². The number of hydrogen-bond acceptors (Lipinski definition) is 4. The molecule has 0 saturated carbocycles. The SMILES string of the molecule is O=C(CCNC(=O)c1ccco1)NCC(O)c1ccccc1Cl. The second-order valence-corrected chi connectivity index (χ2v) is 5.23. The predicted molar refractivity (Wildman–Crippen MR) is 85.1 cm³/mol. The molecule has 2 aromatic rings. The summed E-state index contributed by atoms with van der Waals surface area (Å²) in [7, 11) is 0. The monoisotopic (exact) mass is 336 g/mol. The fraction of sp³-hybridized carbons (Fsp3) is 0.250. The molecule has 6 nitrogen and oxygen atoms in total. The van der Waals surface area contributed by atoms with Gasteiger partial charge in [0.25, 0.3) is 5.91 Å². The zero-order valence-electron chi connectivity index (χ0n) is 12.3. The average Bonchev–Trinajstić information content (AvgIpc) is 3.07. The van der Waals surface area contributed by atoms with Crippen molar-refractivity contribution in [3.63, 3.8) is 0 Å². The van der Waals surface area contributed by atoms with Crippen LogP contribution in [0, 0.1) is 0 Å². The average molecular weight is 337 g/mol. The number of amides is 2. The molecule has 2 amide bonds. The number of benzene rings is 1. The normalized spacial score (nSPS) is 11.7. The summed E-state index contributed by atoms with van der Waals surface area (Å²) in [6.45, 7) is 0.224. The van der Waals surface area contributed by atoms with Gasteiger partial charge in [-0.05, 0) is 18.2 Å². The van der Waals surface area contributed by atoms with Crippen molar-refractivity contribution in [1.82, 2.24) is 10.6 Å². The van der Waals surface area contributed by atoms with Gasteiger partial charge in [-0.15, -0.1) is 0 Å². The third kappa shape index (κ3) is 5.12. The smallest absolute Gasteiger partial charge is 0.286 e. The number of halogens is 1. The van der Waals surface area contributed by atoms with E-state index in [4.69, 9.17) is 16.0 Å². The fourth-order valence-electron chi connectivity index (χ4n) is 1.94. The largest absolute Gasteiger partial charge is 0.459 e. The van der Waals surface area contributed by atoms with E-state index in [1.165, 1.54) is 12.3 Å². The summed E-state index contributed by atoms with van der Waals surface area (Å²) >= 11 is 5.97. The Labute approximate surface area is 138 Å². The first-order chi connectivity index (χ1) is 11.1. The standard InChI is InChI=1S/C16H17ClN2O4/c17-12-5-2-1-4-11(12)13(20)10-19-15(21)7-8-18-16(22)14-6-3-9-23-14/h1-6,9,13,20H,7-8,10H2,(H,18,22)(H,19,21). The van der Waals surface area contributed by atoms with Crippen LogP contribution in [0.5, 0.6) is 0 Å².